The Kier molecular flexibility index (Phi) is 7.31. The Labute approximate surface area is 337 Å². The SMILES string of the molecule is c1ccc2c(c1)ccc1c3ccc(N(c4ccc(-c5ccc(-c6ccc7cnccc7c6)cc5)cc4)c4ccc5c(c4)sc4c6ccccc6ccc54)cc3sc21. The van der Waals surface area contributed by atoms with E-state index in [4.69, 9.17) is 0 Å². The van der Waals surface area contributed by atoms with E-state index >= 15 is 0 Å². The van der Waals surface area contributed by atoms with Crippen molar-refractivity contribution in [1.29, 1.82) is 0 Å². The maximum absolute atomic E-state index is 4.27. The number of hydrogen-bond donors (Lipinski definition) is 0. The summed E-state index contributed by atoms with van der Waals surface area (Å²) in [5, 5.41) is 12.8. The Morgan fingerprint density at radius 3 is 1.40 bits per heavy atom. The van der Waals surface area contributed by atoms with Crippen molar-refractivity contribution in [2.75, 3.05) is 4.90 Å². The summed E-state index contributed by atoms with van der Waals surface area (Å²) in [5.74, 6) is 0. The van der Waals surface area contributed by atoms with Crippen molar-refractivity contribution in [3.8, 4) is 22.3 Å². The zero-order valence-corrected chi connectivity index (χ0v) is 32.3. The second kappa shape index (κ2) is 12.9. The first kappa shape index (κ1) is 32.4. The molecule has 0 radical (unpaired) electrons. The van der Waals surface area contributed by atoms with Gasteiger partial charge in [0.2, 0.25) is 0 Å². The maximum atomic E-state index is 4.27. The Balaban J connectivity index is 0.967. The van der Waals surface area contributed by atoms with Gasteiger partial charge in [0, 0.05) is 75.2 Å². The molecule has 2 nitrogen and oxygen atoms in total. The topological polar surface area (TPSA) is 16.1 Å². The van der Waals surface area contributed by atoms with Crippen LogP contribution in [0.2, 0.25) is 0 Å². The summed E-state index contributed by atoms with van der Waals surface area (Å²) in [6, 6.07) is 67.2. The van der Waals surface area contributed by atoms with Crippen molar-refractivity contribution < 1.29 is 0 Å². The van der Waals surface area contributed by atoms with Gasteiger partial charge in [-0.25, -0.2) is 0 Å². The molecule has 0 saturated carbocycles. The van der Waals surface area contributed by atoms with Crippen LogP contribution in [-0.2, 0) is 0 Å². The monoisotopic (exact) mass is 760 g/mol. The minimum Gasteiger partial charge on any atom is -0.310 e. The van der Waals surface area contributed by atoms with Gasteiger partial charge in [0.25, 0.3) is 0 Å². The molecule has 4 heteroatoms. The number of aromatic nitrogens is 1. The maximum Gasteiger partial charge on any atom is 0.0476 e. The molecule has 12 rings (SSSR count). The highest BCUT2D eigenvalue weighted by Crippen LogP contribution is 2.45. The molecular weight excluding hydrogens is 729 g/mol. The van der Waals surface area contributed by atoms with Crippen molar-refractivity contribution in [3.63, 3.8) is 0 Å². The third-order valence-corrected chi connectivity index (χ3v) is 13.9. The van der Waals surface area contributed by atoms with Crippen LogP contribution in [0.4, 0.5) is 17.1 Å². The van der Waals surface area contributed by atoms with Gasteiger partial charge in [-0.2, -0.15) is 0 Å². The number of rotatable bonds is 5. The minimum absolute atomic E-state index is 1.12. The molecular formula is C53H32N2S2. The molecule has 9 aromatic carbocycles. The molecule has 266 valence electrons. The van der Waals surface area contributed by atoms with Gasteiger partial charge in [0.05, 0.1) is 0 Å². The summed E-state index contributed by atoms with van der Waals surface area (Å²) in [6.45, 7) is 0. The van der Waals surface area contributed by atoms with Gasteiger partial charge >= 0.3 is 0 Å². The van der Waals surface area contributed by atoms with Crippen LogP contribution in [0.3, 0.4) is 0 Å². The number of hydrogen-bond acceptors (Lipinski definition) is 4. The highest BCUT2D eigenvalue weighted by Gasteiger charge is 2.18. The van der Waals surface area contributed by atoms with Gasteiger partial charge in [0.15, 0.2) is 0 Å². The first-order valence-corrected chi connectivity index (χ1v) is 20.9. The van der Waals surface area contributed by atoms with E-state index in [1.165, 1.54) is 89.5 Å². The Hall–Kier alpha value is -6.85. The van der Waals surface area contributed by atoms with Crippen molar-refractivity contribution in [2.24, 2.45) is 0 Å². The molecule has 0 spiro atoms. The highest BCUT2D eigenvalue weighted by atomic mass is 32.1. The smallest absolute Gasteiger partial charge is 0.0476 e. The number of nitrogens with zero attached hydrogens (tertiary/aromatic N) is 2. The second-order valence-electron chi connectivity index (χ2n) is 14.8. The normalized spacial score (nSPS) is 11.9. The lowest BCUT2D eigenvalue weighted by Gasteiger charge is -2.26. The third kappa shape index (κ3) is 5.33. The number of fused-ring (bicyclic) bond motifs is 11. The Bertz CT molecular complexity index is 3370. The first-order chi connectivity index (χ1) is 28.2. The average Bonchev–Trinajstić information content (AvgIpc) is 3.85. The van der Waals surface area contributed by atoms with Crippen molar-refractivity contribution in [2.45, 2.75) is 0 Å². The fourth-order valence-electron chi connectivity index (χ4n) is 8.63. The van der Waals surface area contributed by atoms with Crippen LogP contribution in [0.25, 0.3) is 94.9 Å². The summed E-state index contributed by atoms with van der Waals surface area (Å²) >= 11 is 3.78. The molecule has 0 N–H and O–H groups in total. The molecule has 0 aliphatic heterocycles. The third-order valence-electron chi connectivity index (χ3n) is 11.5. The van der Waals surface area contributed by atoms with Crippen molar-refractivity contribution >= 4 is 112 Å². The molecule has 0 unspecified atom stereocenters. The van der Waals surface area contributed by atoms with Crippen LogP contribution < -0.4 is 4.90 Å². The van der Waals surface area contributed by atoms with Gasteiger partial charge in [-0.15, -0.1) is 22.7 Å². The molecule has 12 aromatic rings. The molecule has 0 bridgehead atoms. The lowest BCUT2D eigenvalue weighted by atomic mass is 9.98. The van der Waals surface area contributed by atoms with Crippen LogP contribution >= 0.6 is 22.7 Å². The number of thiophene rings is 2. The fourth-order valence-corrected chi connectivity index (χ4v) is 11.2. The van der Waals surface area contributed by atoms with Crippen LogP contribution in [0, 0.1) is 0 Å². The second-order valence-corrected chi connectivity index (χ2v) is 16.9. The van der Waals surface area contributed by atoms with Gasteiger partial charge < -0.3 is 4.90 Å². The zero-order chi connectivity index (χ0) is 37.5. The largest absolute Gasteiger partial charge is 0.310 e. The van der Waals surface area contributed by atoms with E-state index in [1.807, 2.05) is 35.1 Å². The Morgan fingerprint density at radius 1 is 0.333 bits per heavy atom. The van der Waals surface area contributed by atoms with E-state index in [2.05, 4.69) is 192 Å². The molecule has 0 saturated heterocycles. The zero-order valence-electron chi connectivity index (χ0n) is 30.7. The van der Waals surface area contributed by atoms with E-state index in [0.717, 1.165) is 22.4 Å². The molecule has 0 amide bonds. The lowest BCUT2D eigenvalue weighted by Crippen LogP contribution is -2.09. The van der Waals surface area contributed by atoms with E-state index in [1.54, 1.807) is 0 Å². The van der Waals surface area contributed by atoms with Gasteiger partial charge in [-0.1, -0.05) is 133 Å². The standard InChI is InChI=1S/C53H32N2S2/c1-3-7-44-36(5-1)17-23-48-46-25-21-42(30-50(46)56-52(44)48)55(43-22-26-47-49-24-18-37-6-2-4-8-45(37)53(49)57-51(47)31-43)41-19-15-34(16-20-41)33-9-11-35(12-10-33)38-13-14-40-32-54-28-27-39(40)29-38/h1-32H. The van der Waals surface area contributed by atoms with Gasteiger partial charge in [0.1, 0.15) is 0 Å². The summed E-state index contributed by atoms with van der Waals surface area (Å²) < 4.78 is 5.27. The quantitative estimate of drug-likeness (QED) is 0.174. The average molecular weight is 761 g/mol. The number of benzene rings is 9. The predicted molar refractivity (Wildman–Crippen MR) is 248 cm³/mol. The Morgan fingerprint density at radius 2 is 0.807 bits per heavy atom. The van der Waals surface area contributed by atoms with Gasteiger partial charge in [-0.3, -0.25) is 4.98 Å². The van der Waals surface area contributed by atoms with Crippen molar-refractivity contribution in [1.82, 2.24) is 4.98 Å². The molecule has 0 fully saturated rings. The molecule has 0 aliphatic carbocycles. The summed E-state index contributed by atoms with van der Waals surface area (Å²) in [6.07, 6.45) is 3.77. The molecule has 57 heavy (non-hydrogen) atoms. The van der Waals surface area contributed by atoms with Crippen LogP contribution in [-0.4, -0.2) is 4.98 Å². The van der Waals surface area contributed by atoms with Gasteiger partial charge in [-0.05, 0) is 97.7 Å². The van der Waals surface area contributed by atoms with E-state index in [0.29, 0.717) is 0 Å². The molecule has 0 atom stereocenters. The number of anilines is 3. The molecule has 3 aromatic heterocycles. The summed E-state index contributed by atoms with van der Waals surface area (Å²) in [5.41, 5.74) is 8.21. The van der Waals surface area contributed by atoms with Crippen LogP contribution in [0.1, 0.15) is 0 Å². The molecule has 0 aliphatic rings. The van der Waals surface area contributed by atoms with E-state index < -0.39 is 0 Å². The molecule has 3 heterocycles. The summed E-state index contributed by atoms with van der Waals surface area (Å²) in [4.78, 5) is 6.69. The fraction of sp³-hybridized carbons (Fsp3) is 0. The number of pyridine rings is 1. The lowest BCUT2D eigenvalue weighted by molar-refractivity contribution is 1.30. The highest BCUT2D eigenvalue weighted by molar-refractivity contribution is 7.27. The predicted octanol–water partition coefficient (Wildman–Crippen LogP) is 16.1. The minimum atomic E-state index is 1.12. The first-order valence-electron chi connectivity index (χ1n) is 19.2. The van der Waals surface area contributed by atoms with E-state index in [-0.39, 0.29) is 0 Å². The van der Waals surface area contributed by atoms with Crippen LogP contribution in [0.5, 0.6) is 0 Å². The van der Waals surface area contributed by atoms with E-state index in [9.17, 15) is 0 Å². The van der Waals surface area contributed by atoms with Crippen molar-refractivity contribution in [3.05, 3.63) is 194 Å². The van der Waals surface area contributed by atoms with Crippen LogP contribution in [0.15, 0.2) is 194 Å². The summed E-state index contributed by atoms with van der Waals surface area (Å²) in [7, 11) is 0.